The van der Waals surface area contributed by atoms with Crippen molar-refractivity contribution >= 4 is 53.9 Å². The van der Waals surface area contributed by atoms with Crippen molar-refractivity contribution in [1.29, 1.82) is 0 Å². The van der Waals surface area contributed by atoms with Crippen molar-refractivity contribution in [3.63, 3.8) is 0 Å². The van der Waals surface area contributed by atoms with Crippen LogP contribution in [0.25, 0.3) is 87.2 Å². The lowest BCUT2D eigenvalue weighted by molar-refractivity contribution is 1.66. The molecule has 0 aromatic heterocycles. The number of hydrogen-bond donors (Lipinski definition) is 0. The Hall–Kier alpha value is -5.72. The molecule has 0 aliphatic carbocycles. The molecule has 0 radical (unpaired) electrons. The van der Waals surface area contributed by atoms with Gasteiger partial charge >= 0.3 is 0 Å². The van der Waals surface area contributed by atoms with E-state index < -0.39 is 256 Å². The standard InChI is InChI=1S/C44H28/c1-3-13-32-26-34(22-20-29(32)10-1)35-24-25-41-42(28-35)44(38-19-9-15-31-12-5-6-16-37(31)38)40-18-8-7-17-39(40)43(41)36-23-21-30-11-2-4-14-33(30)27-36/h1-28H/i1D,2D,3D,4D,5D,6D,7D,8D,9D,10D,11D,12D,13D,14D,15D,16D,17D,18D,19D,20D,21D,22D,23D,24D,25D,26D,27D,28D. The van der Waals surface area contributed by atoms with Crippen molar-refractivity contribution in [1.82, 2.24) is 0 Å². The number of rotatable bonds is 3. The van der Waals surface area contributed by atoms with Crippen molar-refractivity contribution in [2.75, 3.05) is 0 Å². The molecule has 0 heterocycles. The van der Waals surface area contributed by atoms with Gasteiger partial charge in [-0.25, -0.2) is 0 Å². The monoisotopic (exact) mass is 584 g/mol. The van der Waals surface area contributed by atoms with Gasteiger partial charge in [-0.3, -0.25) is 0 Å². The van der Waals surface area contributed by atoms with Gasteiger partial charge in [-0.05, 0) is 105 Å². The van der Waals surface area contributed by atoms with Crippen LogP contribution in [0.1, 0.15) is 38.4 Å². The van der Waals surface area contributed by atoms with E-state index in [2.05, 4.69) is 0 Å². The Bertz CT molecular complexity index is 4110. The third-order valence-corrected chi connectivity index (χ3v) is 7.06. The van der Waals surface area contributed by atoms with Crippen LogP contribution < -0.4 is 0 Å². The van der Waals surface area contributed by atoms with Crippen molar-refractivity contribution in [2.24, 2.45) is 0 Å². The lowest BCUT2D eigenvalue weighted by atomic mass is 9.83. The molecule has 0 aliphatic heterocycles. The largest absolute Gasteiger partial charge is 0.0636 e. The van der Waals surface area contributed by atoms with Gasteiger partial charge in [0.1, 0.15) is 0 Å². The summed E-state index contributed by atoms with van der Waals surface area (Å²) in [5.41, 5.74) is -5.02. The molecule has 9 aromatic rings. The summed E-state index contributed by atoms with van der Waals surface area (Å²) in [6.07, 6.45) is 0. The predicted octanol–water partition coefficient (Wildman–Crippen LogP) is 12.5. The Morgan fingerprint density at radius 3 is 1.48 bits per heavy atom. The fourth-order valence-corrected chi connectivity index (χ4v) is 5.16. The minimum atomic E-state index is -1.12. The molecule has 0 bridgehead atoms. The van der Waals surface area contributed by atoms with E-state index in [0.29, 0.717) is 0 Å². The SMILES string of the molecule is [2H]c1c([2H])c([2H])c2c([2H])c(-c3c([2H])c([2H])c4c(-c5c([2H])c([2H])c6c([2H])c([2H])c([2H])c([2H])c6c5[2H])c5c([2H])c([2H])c([2H])c([2H])c5c(-c5c([2H])c([2H])c([2H])c6c([2H])c([2H])c([2H])c([2H])c56)c4c3[2H])c([2H])c([2H])c2c1[2H]. The van der Waals surface area contributed by atoms with E-state index in [9.17, 15) is 13.7 Å². The highest BCUT2D eigenvalue weighted by Crippen LogP contribution is 2.46. The average Bonchev–Trinajstić information content (AvgIpc) is 3.34. The first kappa shape index (κ1) is 9.64. The average molecular weight is 585 g/mol. The van der Waals surface area contributed by atoms with Crippen LogP contribution in [-0.4, -0.2) is 0 Å². The predicted molar refractivity (Wildman–Crippen MR) is 190 cm³/mol. The third-order valence-electron chi connectivity index (χ3n) is 7.06. The van der Waals surface area contributed by atoms with Crippen LogP contribution in [0, 0.1) is 0 Å². The topological polar surface area (TPSA) is 0 Å². The van der Waals surface area contributed by atoms with Gasteiger partial charge < -0.3 is 0 Å². The summed E-state index contributed by atoms with van der Waals surface area (Å²) < 4.78 is 252. The highest BCUT2D eigenvalue weighted by molar-refractivity contribution is 6.24. The molecule has 0 unspecified atom stereocenters. The van der Waals surface area contributed by atoms with Gasteiger partial charge in [-0.2, -0.15) is 0 Å². The quantitative estimate of drug-likeness (QED) is 0.181. The Labute approximate surface area is 295 Å². The molecule has 44 heavy (non-hydrogen) atoms. The molecule has 0 heteroatoms. The Morgan fingerprint density at radius 1 is 0.273 bits per heavy atom. The summed E-state index contributed by atoms with van der Waals surface area (Å²) in [4.78, 5) is 0. The first-order chi connectivity index (χ1) is 33.5. The third kappa shape index (κ3) is 3.92. The molecule has 0 N–H and O–H groups in total. The summed E-state index contributed by atoms with van der Waals surface area (Å²) in [6.45, 7) is 0. The van der Waals surface area contributed by atoms with Gasteiger partial charge in [0, 0.05) is 0 Å². The second kappa shape index (κ2) is 9.93. The Morgan fingerprint density at radius 2 is 0.750 bits per heavy atom. The van der Waals surface area contributed by atoms with Crippen LogP contribution in [0.15, 0.2) is 169 Å². The van der Waals surface area contributed by atoms with Crippen molar-refractivity contribution in [3.8, 4) is 33.4 Å². The summed E-state index contributed by atoms with van der Waals surface area (Å²) in [6, 6.07) is -26.9. The Kier molecular flexibility index (Phi) is 2.18. The zero-order valence-electron chi connectivity index (χ0n) is 50.0. The minimum absolute atomic E-state index is 0.598. The van der Waals surface area contributed by atoms with Crippen LogP contribution in [-0.2, 0) is 0 Å². The first-order valence-electron chi connectivity index (χ1n) is 27.0. The van der Waals surface area contributed by atoms with E-state index in [4.69, 9.17) is 24.7 Å². The Balaban J connectivity index is 1.72. The normalized spacial score (nSPS) is 20.5. The summed E-state index contributed by atoms with van der Waals surface area (Å²) in [7, 11) is 0. The van der Waals surface area contributed by atoms with Gasteiger partial charge in [0.05, 0.1) is 38.4 Å². The molecule has 0 nitrogen and oxygen atoms in total. The summed E-state index contributed by atoms with van der Waals surface area (Å²) in [5, 5.41) is -7.21. The molecule has 204 valence electrons. The smallest absolute Gasteiger partial charge is 0.0616 e. The molecule has 9 aromatic carbocycles. The fraction of sp³-hybridized carbons (Fsp3) is 0. The second-order valence-corrected chi connectivity index (χ2v) is 9.50. The van der Waals surface area contributed by atoms with Crippen LogP contribution in [0.2, 0.25) is 0 Å². The molecule has 0 saturated carbocycles. The van der Waals surface area contributed by atoms with E-state index in [1.807, 2.05) is 0 Å². The molecular weight excluding hydrogens is 528 g/mol. The van der Waals surface area contributed by atoms with E-state index in [-0.39, 0.29) is 0 Å². The summed E-state index contributed by atoms with van der Waals surface area (Å²) >= 11 is 0. The molecule has 0 spiro atoms. The van der Waals surface area contributed by atoms with E-state index in [0.717, 1.165) is 0 Å². The maximum atomic E-state index is 10.1. The van der Waals surface area contributed by atoms with Crippen LogP contribution in [0.5, 0.6) is 0 Å². The minimum Gasteiger partial charge on any atom is -0.0616 e. The zero-order valence-corrected chi connectivity index (χ0v) is 22.0. The van der Waals surface area contributed by atoms with Gasteiger partial charge in [0.2, 0.25) is 0 Å². The van der Waals surface area contributed by atoms with E-state index in [1.54, 1.807) is 0 Å². The second-order valence-electron chi connectivity index (χ2n) is 9.50. The maximum Gasteiger partial charge on any atom is 0.0636 e. The molecule has 0 amide bonds. The van der Waals surface area contributed by atoms with E-state index >= 15 is 0 Å². The van der Waals surface area contributed by atoms with Crippen LogP contribution >= 0.6 is 0 Å². The van der Waals surface area contributed by atoms with Gasteiger partial charge in [0.25, 0.3) is 0 Å². The van der Waals surface area contributed by atoms with Gasteiger partial charge in [-0.1, -0.05) is 151 Å². The molecule has 9 rings (SSSR count). The number of hydrogen-bond acceptors (Lipinski definition) is 0. The van der Waals surface area contributed by atoms with Gasteiger partial charge in [0.15, 0.2) is 0 Å². The van der Waals surface area contributed by atoms with E-state index in [1.165, 1.54) is 0 Å². The highest BCUT2D eigenvalue weighted by Gasteiger charge is 2.19. The molecule has 0 fully saturated rings. The summed E-state index contributed by atoms with van der Waals surface area (Å²) in [5.74, 6) is 0. The van der Waals surface area contributed by atoms with Crippen molar-refractivity contribution in [3.05, 3.63) is 169 Å². The maximum absolute atomic E-state index is 10.1. The van der Waals surface area contributed by atoms with Crippen molar-refractivity contribution < 1.29 is 38.4 Å². The molecular formula is C44H28. The fourth-order valence-electron chi connectivity index (χ4n) is 5.16. The first-order valence-corrected chi connectivity index (χ1v) is 13.0. The van der Waals surface area contributed by atoms with Crippen LogP contribution in [0.4, 0.5) is 0 Å². The molecule has 0 atom stereocenters. The lowest BCUT2D eigenvalue weighted by Crippen LogP contribution is -1.92. The van der Waals surface area contributed by atoms with Gasteiger partial charge in [-0.15, -0.1) is 0 Å². The number of fused-ring (bicyclic) bond motifs is 5. The van der Waals surface area contributed by atoms with Crippen LogP contribution in [0.3, 0.4) is 0 Å². The zero-order chi connectivity index (χ0) is 53.4. The molecule has 0 saturated heterocycles. The number of benzene rings is 9. The van der Waals surface area contributed by atoms with Crippen molar-refractivity contribution in [2.45, 2.75) is 0 Å². The highest BCUT2D eigenvalue weighted by atomic mass is 14.2. The molecule has 0 aliphatic rings. The lowest BCUT2D eigenvalue weighted by Gasteiger charge is -2.20.